The van der Waals surface area contributed by atoms with Crippen LogP contribution < -0.4 is 16.6 Å². The predicted octanol–water partition coefficient (Wildman–Crippen LogP) is 0.0173. The molecule has 0 unspecified atom stereocenters. The maximum Gasteiger partial charge on any atom is 0.305 e. The summed E-state index contributed by atoms with van der Waals surface area (Å²) in [7, 11) is 0. The van der Waals surface area contributed by atoms with Crippen LogP contribution in [0.3, 0.4) is 0 Å². The van der Waals surface area contributed by atoms with Crippen molar-refractivity contribution in [1.82, 2.24) is 9.97 Å². The average molecular weight is 226 g/mol. The normalized spacial score (nSPS) is 11.1. The third-order valence-electron chi connectivity index (χ3n) is 1.94. The lowest BCUT2D eigenvalue weighted by Gasteiger charge is -2.25. The summed E-state index contributed by atoms with van der Waals surface area (Å²) in [6, 6.07) is 0. The average Bonchev–Trinajstić information content (AvgIpc) is 2.10. The molecule has 0 fully saturated rings. The van der Waals surface area contributed by atoms with Gasteiger partial charge in [-0.05, 0) is 13.8 Å². The summed E-state index contributed by atoms with van der Waals surface area (Å²) in [5.41, 5.74) is 4.26. The Morgan fingerprint density at radius 2 is 2.31 bits per heavy atom. The number of carboxylic acids is 1. The fraction of sp³-hybridized carbons (Fsp3) is 0.444. The molecule has 0 saturated heterocycles. The Hall–Kier alpha value is -2.05. The van der Waals surface area contributed by atoms with E-state index in [-0.39, 0.29) is 17.9 Å². The third kappa shape index (κ3) is 2.97. The van der Waals surface area contributed by atoms with E-state index in [9.17, 15) is 9.59 Å². The van der Waals surface area contributed by atoms with Crippen molar-refractivity contribution >= 4 is 17.5 Å². The number of nitrogens with two attached hydrogens (primary N) is 1. The molecule has 0 saturated carbocycles. The number of nitrogens with zero attached hydrogens (tertiary/aromatic N) is 1. The Kier molecular flexibility index (Phi) is 3.17. The summed E-state index contributed by atoms with van der Waals surface area (Å²) in [5.74, 6) is -0.754. The minimum Gasteiger partial charge on any atom is -0.481 e. The van der Waals surface area contributed by atoms with E-state index in [0.717, 1.165) is 0 Å². The summed E-state index contributed by atoms with van der Waals surface area (Å²) in [4.78, 5) is 27.9. The topological polar surface area (TPSA) is 121 Å². The first-order chi connectivity index (χ1) is 7.32. The SMILES string of the molecule is CC(C)(CC(=O)O)Nc1nc[nH]c(=O)c1N. The van der Waals surface area contributed by atoms with E-state index < -0.39 is 17.1 Å². The van der Waals surface area contributed by atoms with Gasteiger partial charge in [0.05, 0.1) is 12.7 Å². The van der Waals surface area contributed by atoms with E-state index in [0.29, 0.717) is 0 Å². The molecule has 0 amide bonds. The van der Waals surface area contributed by atoms with Crippen LogP contribution in [0.25, 0.3) is 0 Å². The summed E-state index contributed by atoms with van der Waals surface area (Å²) in [6.07, 6.45) is 1.10. The van der Waals surface area contributed by atoms with Crippen LogP contribution in [0, 0.1) is 0 Å². The maximum absolute atomic E-state index is 11.2. The fourth-order valence-corrected chi connectivity index (χ4v) is 1.25. The standard InChI is InChI=1S/C9H14N4O3/c1-9(2,3-5(14)15)13-7-6(10)8(16)12-4-11-7/h4H,3,10H2,1-2H3,(H,14,15)(H2,11,12,13,16). The quantitative estimate of drug-likeness (QED) is 0.574. The van der Waals surface area contributed by atoms with Crippen LogP contribution in [-0.4, -0.2) is 26.6 Å². The Morgan fingerprint density at radius 3 is 2.88 bits per heavy atom. The monoisotopic (exact) mass is 226 g/mol. The summed E-state index contributed by atoms with van der Waals surface area (Å²) >= 11 is 0. The van der Waals surface area contributed by atoms with Crippen LogP contribution in [0.4, 0.5) is 11.5 Å². The number of hydrogen-bond acceptors (Lipinski definition) is 5. The lowest BCUT2D eigenvalue weighted by molar-refractivity contribution is -0.137. The van der Waals surface area contributed by atoms with Gasteiger partial charge in [0.2, 0.25) is 0 Å². The fourth-order valence-electron chi connectivity index (χ4n) is 1.25. The van der Waals surface area contributed by atoms with Crippen LogP contribution in [0.1, 0.15) is 20.3 Å². The first-order valence-electron chi connectivity index (χ1n) is 4.65. The Bertz CT molecular complexity index is 452. The maximum atomic E-state index is 11.2. The third-order valence-corrected chi connectivity index (χ3v) is 1.94. The van der Waals surface area contributed by atoms with Gasteiger partial charge in [-0.15, -0.1) is 0 Å². The number of nitrogen functional groups attached to an aromatic ring is 1. The van der Waals surface area contributed by atoms with Crippen LogP contribution in [0.5, 0.6) is 0 Å². The molecule has 1 rings (SSSR count). The highest BCUT2D eigenvalue weighted by molar-refractivity contribution is 5.70. The molecular weight excluding hydrogens is 212 g/mol. The molecule has 0 aliphatic heterocycles. The van der Waals surface area contributed by atoms with Crippen molar-refractivity contribution < 1.29 is 9.90 Å². The lowest BCUT2D eigenvalue weighted by Crippen LogP contribution is -2.35. The molecule has 0 aromatic carbocycles. The summed E-state index contributed by atoms with van der Waals surface area (Å²) < 4.78 is 0. The molecule has 0 atom stereocenters. The second kappa shape index (κ2) is 4.21. The number of carboxylic acid groups (broad SMARTS) is 1. The first-order valence-corrected chi connectivity index (χ1v) is 4.65. The molecule has 7 nitrogen and oxygen atoms in total. The van der Waals surface area contributed by atoms with Crippen molar-refractivity contribution in [3.05, 3.63) is 16.7 Å². The summed E-state index contributed by atoms with van der Waals surface area (Å²) in [5, 5.41) is 11.5. The number of rotatable bonds is 4. The van der Waals surface area contributed by atoms with E-state index in [1.807, 2.05) is 0 Å². The first kappa shape index (κ1) is 12.0. The van der Waals surface area contributed by atoms with Gasteiger partial charge in [-0.1, -0.05) is 0 Å². The highest BCUT2D eigenvalue weighted by Gasteiger charge is 2.23. The van der Waals surface area contributed by atoms with Gasteiger partial charge in [0.15, 0.2) is 5.82 Å². The van der Waals surface area contributed by atoms with Crippen LogP contribution >= 0.6 is 0 Å². The molecule has 88 valence electrons. The van der Waals surface area contributed by atoms with Gasteiger partial charge in [0.25, 0.3) is 5.56 Å². The van der Waals surface area contributed by atoms with E-state index in [4.69, 9.17) is 10.8 Å². The van der Waals surface area contributed by atoms with E-state index >= 15 is 0 Å². The number of aromatic amines is 1. The van der Waals surface area contributed by atoms with Crippen molar-refractivity contribution in [2.24, 2.45) is 0 Å². The number of carbonyl (C=O) groups is 1. The van der Waals surface area contributed by atoms with Gasteiger partial charge in [-0.3, -0.25) is 9.59 Å². The number of H-pyrrole nitrogens is 1. The van der Waals surface area contributed by atoms with E-state index in [1.54, 1.807) is 13.8 Å². The molecule has 7 heteroatoms. The van der Waals surface area contributed by atoms with Gasteiger partial charge >= 0.3 is 5.97 Å². The van der Waals surface area contributed by atoms with Crippen molar-refractivity contribution in [2.75, 3.05) is 11.1 Å². The molecule has 0 radical (unpaired) electrons. The van der Waals surface area contributed by atoms with Crippen LogP contribution in [0.15, 0.2) is 11.1 Å². The van der Waals surface area contributed by atoms with Gasteiger partial charge in [-0.2, -0.15) is 0 Å². The van der Waals surface area contributed by atoms with E-state index in [2.05, 4.69) is 15.3 Å². The van der Waals surface area contributed by atoms with Crippen molar-refractivity contribution in [2.45, 2.75) is 25.8 Å². The summed E-state index contributed by atoms with van der Waals surface area (Å²) in [6.45, 7) is 3.37. The Balaban J connectivity index is 2.92. The largest absolute Gasteiger partial charge is 0.481 e. The zero-order valence-corrected chi connectivity index (χ0v) is 9.07. The van der Waals surface area contributed by atoms with Gasteiger partial charge in [-0.25, -0.2) is 4.98 Å². The number of hydrogen-bond donors (Lipinski definition) is 4. The highest BCUT2D eigenvalue weighted by Crippen LogP contribution is 2.18. The lowest BCUT2D eigenvalue weighted by atomic mass is 10.0. The van der Waals surface area contributed by atoms with Crippen LogP contribution in [-0.2, 0) is 4.79 Å². The van der Waals surface area contributed by atoms with Gasteiger partial charge in [0.1, 0.15) is 5.69 Å². The number of anilines is 2. The molecule has 16 heavy (non-hydrogen) atoms. The molecule has 1 aromatic heterocycles. The van der Waals surface area contributed by atoms with Crippen molar-refractivity contribution in [3.8, 4) is 0 Å². The molecule has 1 aromatic rings. The molecule has 0 aliphatic carbocycles. The van der Waals surface area contributed by atoms with Crippen molar-refractivity contribution in [1.29, 1.82) is 0 Å². The smallest absolute Gasteiger partial charge is 0.305 e. The van der Waals surface area contributed by atoms with Gasteiger partial charge < -0.3 is 21.1 Å². The predicted molar refractivity (Wildman–Crippen MR) is 59.2 cm³/mol. The zero-order valence-electron chi connectivity index (χ0n) is 9.07. The second-order valence-electron chi connectivity index (χ2n) is 4.07. The zero-order chi connectivity index (χ0) is 12.3. The highest BCUT2D eigenvalue weighted by atomic mass is 16.4. The van der Waals surface area contributed by atoms with Crippen LogP contribution in [0.2, 0.25) is 0 Å². The Labute approximate surface area is 91.7 Å². The van der Waals surface area contributed by atoms with Crippen molar-refractivity contribution in [3.63, 3.8) is 0 Å². The Morgan fingerprint density at radius 1 is 1.69 bits per heavy atom. The minimum atomic E-state index is -0.944. The molecule has 5 N–H and O–H groups in total. The number of aliphatic carboxylic acids is 1. The molecule has 1 heterocycles. The number of nitrogens with one attached hydrogen (secondary N) is 2. The van der Waals surface area contributed by atoms with E-state index in [1.165, 1.54) is 6.33 Å². The molecule has 0 bridgehead atoms. The second-order valence-corrected chi connectivity index (χ2v) is 4.07. The molecule has 0 spiro atoms. The molecule has 0 aliphatic rings. The number of aromatic nitrogens is 2. The van der Waals surface area contributed by atoms with Gasteiger partial charge in [0, 0.05) is 5.54 Å². The molecular formula is C9H14N4O3. The minimum absolute atomic E-state index is 0.0547.